The van der Waals surface area contributed by atoms with Gasteiger partial charge in [0.25, 0.3) is 0 Å². The van der Waals surface area contributed by atoms with E-state index in [2.05, 4.69) is 19.4 Å². The average molecular weight is 81.1 g/mol. The van der Waals surface area contributed by atoms with Gasteiger partial charge in [0, 0.05) is 0 Å². The Morgan fingerprint density at radius 2 is 2.33 bits per heavy atom. The van der Waals surface area contributed by atoms with Crippen LogP contribution in [0.15, 0.2) is 11.6 Å². The van der Waals surface area contributed by atoms with Crippen molar-refractivity contribution in [3.8, 4) is 0 Å². The molecule has 0 atom stereocenters. The number of hydrogen-bond acceptors (Lipinski definition) is 0. The van der Waals surface area contributed by atoms with Crippen molar-refractivity contribution < 1.29 is 0 Å². The Kier molecular flexibility index (Phi) is 0.952. The van der Waals surface area contributed by atoms with Gasteiger partial charge < -0.3 is 0 Å². The summed E-state index contributed by atoms with van der Waals surface area (Å²) in [7, 11) is 0. The van der Waals surface area contributed by atoms with E-state index in [0.29, 0.717) is 0 Å². The van der Waals surface area contributed by atoms with Crippen LogP contribution in [0.25, 0.3) is 0 Å². The Bertz CT molecular complexity index is 70.1. The second kappa shape index (κ2) is 1.46. The molecule has 0 aliphatic heterocycles. The summed E-state index contributed by atoms with van der Waals surface area (Å²) >= 11 is 0. The Balaban J connectivity index is 2.45. The van der Waals surface area contributed by atoms with Crippen LogP contribution in [0.2, 0.25) is 0 Å². The van der Waals surface area contributed by atoms with Crippen LogP contribution in [-0.4, -0.2) is 0 Å². The molecule has 0 fully saturated rings. The van der Waals surface area contributed by atoms with Crippen molar-refractivity contribution in [3.05, 3.63) is 18.1 Å². The molecule has 0 saturated heterocycles. The second-order valence-electron chi connectivity index (χ2n) is 1.73. The zero-order valence-corrected chi connectivity index (χ0v) is 4.07. The van der Waals surface area contributed by atoms with Gasteiger partial charge in [-0.15, -0.1) is 0 Å². The summed E-state index contributed by atoms with van der Waals surface area (Å²) in [5.41, 5.74) is 1.45. The smallest absolute Gasteiger partial charge is 0.0137 e. The number of rotatable bonds is 0. The molecule has 1 aliphatic carbocycles. The summed E-state index contributed by atoms with van der Waals surface area (Å²) in [4.78, 5) is 0. The fourth-order valence-electron chi connectivity index (χ4n) is 0.705. The SMILES string of the molecule is CC1=CCC[CH]1. The molecule has 0 N–H and O–H groups in total. The van der Waals surface area contributed by atoms with Gasteiger partial charge in [-0.2, -0.15) is 0 Å². The Labute approximate surface area is 38.9 Å². The van der Waals surface area contributed by atoms with Gasteiger partial charge in [-0.3, -0.25) is 0 Å². The van der Waals surface area contributed by atoms with E-state index in [-0.39, 0.29) is 0 Å². The molecule has 0 heterocycles. The van der Waals surface area contributed by atoms with Gasteiger partial charge in [-0.1, -0.05) is 11.6 Å². The lowest BCUT2D eigenvalue weighted by Crippen LogP contribution is -1.61. The minimum Gasteiger partial charge on any atom is -0.0853 e. The molecule has 0 saturated carbocycles. The van der Waals surface area contributed by atoms with Crippen molar-refractivity contribution in [1.82, 2.24) is 0 Å². The molecule has 0 spiro atoms. The third-order valence-corrected chi connectivity index (χ3v) is 1.10. The fraction of sp³-hybridized carbons (Fsp3) is 0.500. The maximum absolute atomic E-state index is 2.26. The maximum atomic E-state index is 2.26. The van der Waals surface area contributed by atoms with Crippen molar-refractivity contribution in [2.24, 2.45) is 0 Å². The molecular formula is C6H9. The highest BCUT2D eigenvalue weighted by atomic mass is 14.0. The second-order valence-corrected chi connectivity index (χ2v) is 1.73. The van der Waals surface area contributed by atoms with E-state index in [1.807, 2.05) is 0 Å². The molecule has 0 heteroatoms. The summed E-state index contributed by atoms with van der Waals surface area (Å²) in [6.07, 6.45) is 7.07. The Morgan fingerprint density at radius 1 is 1.50 bits per heavy atom. The minimum absolute atomic E-state index is 1.27. The van der Waals surface area contributed by atoms with Crippen molar-refractivity contribution in [2.45, 2.75) is 19.8 Å². The van der Waals surface area contributed by atoms with E-state index < -0.39 is 0 Å². The highest BCUT2D eigenvalue weighted by Gasteiger charge is 1.95. The normalized spacial score (nSPS) is 21.2. The number of allylic oxidation sites excluding steroid dienone is 2. The largest absolute Gasteiger partial charge is 0.0853 e. The molecule has 0 aromatic rings. The summed E-state index contributed by atoms with van der Waals surface area (Å²) in [6.45, 7) is 2.15. The summed E-state index contributed by atoms with van der Waals surface area (Å²) in [5.74, 6) is 0. The maximum Gasteiger partial charge on any atom is -0.0137 e. The lowest BCUT2D eigenvalue weighted by Gasteiger charge is -1.79. The standard InChI is InChI=1S/C6H9/c1-6-4-2-3-5-6/h4-5H,2-3H2,1H3. The van der Waals surface area contributed by atoms with Gasteiger partial charge in [0.05, 0.1) is 0 Å². The van der Waals surface area contributed by atoms with Crippen LogP contribution in [-0.2, 0) is 0 Å². The van der Waals surface area contributed by atoms with Crippen LogP contribution in [0.5, 0.6) is 0 Å². The molecule has 1 rings (SSSR count). The predicted molar refractivity (Wildman–Crippen MR) is 27.3 cm³/mol. The quantitative estimate of drug-likeness (QED) is 0.418. The molecule has 0 amide bonds. The molecule has 0 aromatic carbocycles. The minimum atomic E-state index is 1.27. The first-order valence-electron chi connectivity index (χ1n) is 2.39. The van der Waals surface area contributed by atoms with E-state index in [0.717, 1.165) is 0 Å². The van der Waals surface area contributed by atoms with Gasteiger partial charge in [-0.05, 0) is 26.2 Å². The average Bonchev–Trinajstić information content (AvgIpc) is 1.86. The van der Waals surface area contributed by atoms with Crippen molar-refractivity contribution in [2.75, 3.05) is 0 Å². The van der Waals surface area contributed by atoms with Crippen LogP contribution < -0.4 is 0 Å². The molecule has 0 nitrogen and oxygen atoms in total. The van der Waals surface area contributed by atoms with Crippen LogP contribution in [0.1, 0.15) is 19.8 Å². The van der Waals surface area contributed by atoms with Crippen LogP contribution in [0.3, 0.4) is 0 Å². The first-order chi connectivity index (χ1) is 2.89. The van der Waals surface area contributed by atoms with Gasteiger partial charge in [0.1, 0.15) is 0 Å². The molecule has 0 unspecified atom stereocenters. The molecule has 6 heavy (non-hydrogen) atoms. The van der Waals surface area contributed by atoms with Gasteiger partial charge in [0.15, 0.2) is 0 Å². The van der Waals surface area contributed by atoms with E-state index in [4.69, 9.17) is 0 Å². The van der Waals surface area contributed by atoms with E-state index in [9.17, 15) is 0 Å². The molecule has 0 aromatic heterocycles. The van der Waals surface area contributed by atoms with Gasteiger partial charge in [0.2, 0.25) is 0 Å². The zero-order valence-electron chi connectivity index (χ0n) is 4.07. The van der Waals surface area contributed by atoms with Crippen LogP contribution in [0, 0.1) is 6.42 Å². The number of hydrogen-bond donors (Lipinski definition) is 0. The Hall–Kier alpha value is -0.260. The summed E-state index contributed by atoms with van der Waals surface area (Å²) < 4.78 is 0. The first kappa shape index (κ1) is 3.91. The highest BCUT2D eigenvalue weighted by molar-refractivity contribution is 5.15. The topological polar surface area (TPSA) is 0 Å². The molecule has 0 bridgehead atoms. The van der Waals surface area contributed by atoms with E-state index >= 15 is 0 Å². The van der Waals surface area contributed by atoms with Crippen molar-refractivity contribution in [1.29, 1.82) is 0 Å². The Morgan fingerprint density at radius 3 is 2.50 bits per heavy atom. The lowest BCUT2D eigenvalue weighted by molar-refractivity contribution is 1.06. The zero-order chi connectivity index (χ0) is 4.41. The first-order valence-corrected chi connectivity index (χ1v) is 2.39. The van der Waals surface area contributed by atoms with Crippen molar-refractivity contribution in [3.63, 3.8) is 0 Å². The van der Waals surface area contributed by atoms with Gasteiger partial charge >= 0.3 is 0 Å². The fourth-order valence-corrected chi connectivity index (χ4v) is 0.705. The summed E-state index contributed by atoms with van der Waals surface area (Å²) in [5, 5.41) is 0. The van der Waals surface area contributed by atoms with E-state index in [1.54, 1.807) is 0 Å². The van der Waals surface area contributed by atoms with Gasteiger partial charge in [-0.25, -0.2) is 0 Å². The molecule has 33 valence electrons. The summed E-state index contributed by atoms with van der Waals surface area (Å²) in [6, 6.07) is 0. The molecule has 1 aliphatic rings. The highest BCUT2D eigenvalue weighted by Crippen LogP contribution is 2.13. The lowest BCUT2D eigenvalue weighted by atomic mass is 10.3. The third-order valence-electron chi connectivity index (χ3n) is 1.10. The van der Waals surface area contributed by atoms with Crippen molar-refractivity contribution >= 4 is 0 Å². The third kappa shape index (κ3) is 0.618. The monoisotopic (exact) mass is 81.1 g/mol. The van der Waals surface area contributed by atoms with Crippen LogP contribution >= 0.6 is 0 Å². The van der Waals surface area contributed by atoms with E-state index in [1.165, 1.54) is 18.4 Å². The van der Waals surface area contributed by atoms with Crippen LogP contribution in [0.4, 0.5) is 0 Å². The molecular weight excluding hydrogens is 72.1 g/mol. The predicted octanol–water partition coefficient (Wildman–Crippen LogP) is 1.93. The molecule has 1 radical (unpaired) electrons.